The van der Waals surface area contributed by atoms with Gasteiger partial charge in [-0.25, -0.2) is 9.18 Å². The molecular formula is C16H11Cl2FO3. The van der Waals surface area contributed by atoms with Crippen LogP contribution in [0.25, 0.3) is 0 Å². The van der Waals surface area contributed by atoms with Gasteiger partial charge in [0.15, 0.2) is 6.10 Å². The van der Waals surface area contributed by atoms with Gasteiger partial charge >= 0.3 is 5.97 Å². The van der Waals surface area contributed by atoms with E-state index in [-0.39, 0.29) is 17.2 Å². The third-order valence-electron chi connectivity index (χ3n) is 3.38. The molecule has 1 aliphatic rings. The highest BCUT2D eigenvalue weighted by atomic mass is 35.5. The Kier molecular flexibility index (Phi) is 4.23. The Labute approximate surface area is 136 Å². The number of halogens is 3. The highest BCUT2D eigenvalue weighted by molar-refractivity contribution is 6.31. The molecule has 0 saturated heterocycles. The molecule has 0 bridgehead atoms. The number of carbonyl (C=O) groups is 1. The highest BCUT2D eigenvalue weighted by Gasteiger charge is 2.30. The number of ether oxygens (including phenoxy) is 2. The largest absolute Gasteiger partial charge is 0.478 e. The molecule has 6 heteroatoms. The Morgan fingerprint density at radius 1 is 1.32 bits per heavy atom. The quantitative estimate of drug-likeness (QED) is 0.786. The Morgan fingerprint density at radius 2 is 2.14 bits per heavy atom. The number of benzene rings is 2. The summed E-state index contributed by atoms with van der Waals surface area (Å²) in [4.78, 5) is 12.0. The van der Waals surface area contributed by atoms with Crippen molar-refractivity contribution in [3.05, 3.63) is 63.4 Å². The zero-order valence-electron chi connectivity index (χ0n) is 11.3. The maximum atomic E-state index is 13.6. The predicted octanol–water partition coefficient (Wildman–Crippen LogP) is 4.18. The van der Waals surface area contributed by atoms with Crippen LogP contribution in [0.2, 0.25) is 10.0 Å². The molecule has 0 fully saturated rings. The van der Waals surface area contributed by atoms with E-state index < -0.39 is 17.9 Å². The summed E-state index contributed by atoms with van der Waals surface area (Å²) in [6.45, 7) is -0.235. The van der Waals surface area contributed by atoms with Gasteiger partial charge in [0.2, 0.25) is 0 Å². The van der Waals surface area contributed by atoms with E-state index in [1.165, 1.54) is 18.2 Å². The Hall–Kier alpha value is -1.78. The van der Waals surface area contributed by atoms with Crippen LogP contribution in [0, 0.1) is 5.82 Å². The topological polar surface area (TPSA) is 35.5 Å². The standard InChI is InChI=1S/C16H11Cl2FO3/c17-10-4-5-14-9(6-10)7-15(22-14)16(20)21-8-11-12(18)2-1-3-13(11)19/h1-6,15H,7-8H2/t15-/m0/s1. The summed E-state index contributed by atoms with van der Waals surface area (Å²) >= 11 is 11.8. The van der Waals surface area contributed by atoms with Crippen molar-refractivity contribution in [3.63, 3.8) is 0 Å². The van der Waals surface area contributed by atoms with Gasteiger partial charge in [0.1, 0.15) is 18.2 Å². The number of rotatable bonds is 3. The second-order valence-electron chi connectivity index (χ2n) is 4.87. The average Bonchev–Trinajstić information content (AvgIpc) is 2.89. The number of hydrogen-bond donors (Lipinski definition) is 0. The van der Waals surface area contributed by atoms with E-state index in [2.05, 4.69) is 0 Å². The third-order valence-corrected chi connectivity index (χ3v) is 3.97. The summed E-state index contributed by atoms with van der Waals surface area (Å²) in [7, 11) is 0. The second kappa shape index (κ2) is 6.15. The fourth-order valence-corrected chi connectivity index (χ4v) is 2.67. The molecule has 0 aliphatic carbocycles. The monoisotopic (exact) mass is 340 g/mol. The van der Waals surface area contributed by atoms with Crippen LogP contribution in [0.4, 0.5) is 4.39 Å². The minimum absolute atomic E-state index is 0.149. The van der Waals surface area contributed by atoms with Crippen LogP contribution in [-0.4, -0.2) is 12.1 Å². The number of hydrogen-bond acceptors (Lipinski definition) is 3. The van der Waals surface area contributed by atoms with Crippen molar-refractivity contribution in [2.45, 2.75) is 19.1 Å². The molecule has 3 nitrogen and oxygen atoms in total. The molecule has 1 heterocycles. The van der Waals surface area contributed by atoms with E-state index in [9.17, 15) is 9.18 Å². The lowest BCUT2D eigenvalue weighted by Gasteiger charge is -2.11. The second-order valence-corrected chi connectivity index (χ2v) is 5.71. The van der Waals surface area contributed by atoms with Gasteiger partial charge in [0.25, 0.3) is 0 Å². The van der Waals surface area contributed by atoms with Crippen LogP contribution in [0.3, 0.4) is 0 Å². The summed E-state index contributed by atoms with van der Waals surface area (Å²) in [5, 5.41) is 0.796. The molecule has 2 aromatic carbocycles. The lowest BCUT2D eigenvalue weighted by molar-refractivity contribution is -0.152. The van der Waals surface area contributed by atoms with Crippen LogP contribution in [0.15, 0.2) is 36.4 Å². The summed E-state index contributed by atoms with van der Waals surface area (Å²) in [6.07, 6.45) is -0.376. The maximum Gasteiger partial charge on any atom is 0.348 e. The van der Waals surface area contributed by atoms with E-state index in [1.807, 2.05) is 0 Å². The van der Waals surface area contributed by atoms with Crippen LogP contribution in [-0.2, 0) is 22.6 Å². The molecule has 0 N–H and O–H groups in total. The molecule has 0 radical (unpaired) electrons. The predicted molar refractivity (Wildman–Crippen MR) is 80.8 cm³/mol. The molecule has 1 atom stereocenters. The van der Waals surface area contributed by atoms with Crippen molar-refractivity contribution in [2.75, 3.05) is 0 Å². The lowest BCUT2D eigenvalue weighted by Crippen LogP contribution is -2.27. The first-order valence-corrected chi connectivity index (χ1v) is 7.35. The summed E-state index contributed by atoms with van der Waals surface area (Å²) < 4.78 is 24.2. The molecule has 22 heavy (non-hydrogen) atoms. The van der Waals surface area contributed by atoms with Crippen LogP contribution in [0.5, 0.6) is 5.75 Å². The average molecular weight is 341 g/mol. The van der Waals surface area contributed by atoms with Gasteiger partial charge < -0.3 is 9.47 Å². The van der Waals surface area contributed by atoms with Crippen LogP contribution < -0.4 is 4.74 Å². The molecule has 0 spiro atoms. The van der Waals surface area contributed by atoms with Gasteiger partial charge in [-0.15, -0.1) is 0 Å². The van der Waals surface area contributed by atoms with Gasteiger partial charge in [0, 0.05) is 17.0 Å². The first-order valence-electron chi connectivity index (χ1n) is 6.59. The van der Waals surface area contributed by atoms with E-state index in [0.29, 0.717) is 17.2 Å². The molecule has 2 aromatic rings. The molecular weight excluding hydrogens is 330 g/mol. The highest BCUT2D eigenvalue weighted by Crippen LogP contribution is 2.31. The lowest BCUT2D eigenvalue weighted by atomic mass is 10.1. The van der Waals surface area contributed by atoms with Crippen LogP contribution in [0.1, 0.15) is 11.1 Å². The van der Waals surface area contributed by atoms with E-state index in [1.54, 1.807) is 18.2 Å². The van der Waals surface area contributed by atoms with Crippen LogP contribution >= 0.6 is 23.2 Å². The zero-order valence-corrected chi connectivity index (χ0v) is 12.8. The van der Waals surface area contributed by atoms with Gasteiger partial charge in [-0.3, -0.25) is 0 Å². The molecule has 0 saturated carbocycles. The van der Waals surface area contributed by atoms with Gasteiger partial charge in [-0.05, 0) is 35.9 Å². The molecule has 3 rings (SSSR count). The molecule has 0 aromatic heterocycles. The Bertz CT molecular complexity index is 713. The van der Waals surface area contributed by atoms with Crippen molar-refractivity contribution >= 4 is 29.2 Å². The number of carbonyl (C=O) groups excluding carboxylic acids is 1. The van der Waals surface area contributed by atoms with Crippen molar-refractivity contribution in [1.29, 1.82) is 0 Å². The molecule has 1 aliphatic heterocycles. The van der Waals surface area contributed by atoms with Crippen molar-refractivity contribution in [3.8, 4) is 5.75 Å². The van der Waals surface area contributed by atoms with E-state index in [0.717, 1.165) is 5.56 Å². The van der Waals surface area contributed by atoms with E-state index >= 15 is 0 Å². The van der Waals surface area contributed by atoms with E-state index in [4.69, 9.17) is 32.7 Å². The molecule has 114 valence electrons. The zero-order chi connectivity index (χ0) is 15.7. The minimum Gasteiger partial charge on any atom is -0.478 e. The van der Waals surface area contributed by atoms with Gasteiger partial charge in [0.05, 0.1) is 5.02 Å². The van der Waals surface area contributed by atoms with Gasteiger partial charge in [-0.1, -0.05) is 29.3 Å². The maximum absolute atomic E-state index is 13.6. The summed E-state index contributed by atoms with van der Waals surface area (Å²) in [6, 6.07) is 9.43. The SMILES string of the molecule is O=C(OCc1c(F)cccc1Cl)[C@@H]1Cc2cc(Cl)ccc2O1. The summed E-state index contributed by atoms with van der Waals surface area (Å²) in [5.74, 6) is -0.468. The van der Waals surface area contributed by atoms with Crippen molar-refractivity contribution < 1.29 is 18.7 Å². The number of fused-ring (bicyclic) bond motifs is 1. The van der Waals surface area contributed by atoms with Crippen molar-refractivity contribution in [1.82, 2.24) is 0 Å². The first-order chi connectivity index (χ1) is 10.5. The fraction of sp³-hybridized carbons (Fsp3) is 0.188. The smallest absolute Gasteiger partial charge is 0.348 e. The first kappa shape index (κ1) is 15.1. The molecule has 0 unspecified atom stereocenters. The fourth-order valence-electron chi connectivity index (χ4n) is 2.26. The van der Waals surface area contributed by atoms with Crippen molar-refractivity contribution in [2.24, 2.45) is 0 Å². The number of esters is 1. The van der Waals surface area contributed by atoms with Gasteiger partial charge in [-0.2, -0.15) is 0 Å². The Balaban J connectivity index is 1.65. The Morgan fingerprint density at radius 3 is 2.91 bits per heavy atom. The summed E-state index contributed by atoms with van der Waals surface area (Å²) in [5.41, 5.74) is 0.995. The normalized spacial score (nSPS) is 16.0. The third kappa shape index (κ3) is 3.03. The molecule has 0 amide bonds. The minimum atomic E-state index is -0.751.